The summed E-state index contributed by atoms with van der Waals surface area (Å²) < 4.78 is 4.81. The zero-order valence-corrected chi connectivity index (χ0v) is 10.6. The summed E-state index contributed by atoms with van der Waals surface area (Å²) in [6.07, 6.45) is 1.83. The van der Waals surface area contributed by atoms with Crippen molar-refractivity contribution in [1.29, 1.82) is 0 Å². The van der Waals surface area contributed by atoms with E-state index in [4.69, 9.17) is 4.74 Å². The summed E-state index contributed by atoms with van der Waals surface area (Å²) in [5.74, 6) is -0.114. The monoisotopic (exact) mass is 230 g/mol. The Labute approximate surface area is 97.0 Å². The van der Waals surface area contributed by atoms with Crippen molar-refractivity contribution >= 4 is 11.8 Å². The lowest BCUT2D eigenvalue weighted by atomic mass is 9.94. The Morgan fingerprint density at radius 3 is 2.31 bits per heavy atom. The number of aliphatic hydroxyl groups is 1. The summed E-state index contributed by atoms with van der Waals surface area (Å²) in [6.45, 7) is 6.77. The predicted molar refractivity (Wildman–Crippen MR) is 61.0 cm³/mol. The first-order valence-electron chi connectivity index (χ1n) is 5.62. The van der Waals surface area contributed by atoms with E-state index in [2.05, 4.69) is 0 Å². The molecule has 4 heteroatoms. The fourth-order valence-electron chi connectivity index (χ4n) is 1.23. The van der Waals surface area contributed by atoms with Gasteiger partial charge in [-0.05, 0) is 32.6 Å². The average Bonchev–Trinajstić information content (AvgIpc) is 2.11. The first-order chi connectivity index (χ1) is 7.23. The number of hydrogen-bond donors (Lipinski definition) is 1. The van der Waals surface area contributed by atoms with E-state index >= 15 is 0 Å². The highest BCUT2D eigenvalue weighted by Crippen LogP contribution is 2.15. The van der Waals surface area contributed by atoms with Crippen LogP contribution in [0.2, 0.25) is 0 Å². The first-order valence-corrected chi connectivity index (χ1v) is 5.62. The van der Waals surface area contributed by atoms with Crippen LogP contribution in [0.3, 0.4) is 0 Å². The second kappa shape index (κ2) is 6.63. The molecule has 0 rings (SSSR count). The molecular weight excluding hydrogens is 208 g/mol. The van der Waals surface area contributed by atoms with E-state index in [-0.39, 0.29) is 11.8 Å². The molecular formula is C12H22O4. The predicted octanol–water partition coefficient (Wildman–Crippen LogP) is 1.70. The number of ether oxygens (including phenoxy) is 1. The fraction of sp³-hybridized carbons (Fsp3) is 0.833. The van der Waals surface area contributed by atoms with Gasteiger partial charge in [-0.15, -0.1) is 0 Å². The third kappa shape index (κ3) is 7.40. The minimum atomic E-state index is -1.24. The molecule has 1 unspecified atom stereocenters. The molecule has 0 aromatic carbocycles. The summed E-state index contributed by atoms with van der Waals surface area (Å²) in [4.78, 5) is 21.9. The summed E-state index contributed by atoms with van der Waals surface area (Å²) in [6, 6.07) is 0. The number of rotatable bonds is 7. The molecule has 0 fully saturated rings. The third-order valence-electron chi connectivity index (χ3n) is 2.46. The molecule has 0 aliphatic carbocycles. The fourth-order valence-corrected chi connectivity index (χ4v) is 1.23. The lowest BCUT2D eigenvalue weighted by Crippen LogP contribution is -2.31. The lowest BCUT2D eigenvalue weighted by Gasteiger charge is -2.17. The number of Topliss-reactive ketones (excluding diaryl/α,β-unsaturated/α-hetero) is 1. The lowest BCUT2D eigenvalue weighted by molar-refractivity contribution is -0.141. The van der Waals surface area contributed by atoms with Crippen LogP contribution < -0.4 is 0 Å². The van der Waals surface area contributed by atoms with Gasteiger partial charge in [-0.2, -0.15) is 0 Å². The van der Waals surface area contributed by atoms with Crippen LogP contribution in [0.25, 0.3) is 0 Å². The average molecular weight is 230 g/mol. The summed E-state index contributed by atoms with van der Waals surface area (Å²) in [5.41, 5.74) is -1.24. The van der Waals surface area contributed by atoms with Gasteiger partial charge >= 0.3 is 5.97 Å². The van der Waals surface area contributed by atoms with E-state index in [0.717, 1.165) is 6.42 Å². The van der Waals surface area contributed by atoms with Crippen LogP contribution in [-0.4, -0.2) is 29.1 Å². The number of hydrogen-bond acceptors (Lipinski definition) is 4. The maximum atomic E-state index is 11.4. The van der Waals surface area contributed by atoms with Crippen molar-refractivity contribution in [3.8, 4) is 0 Å². The Morgan fingerprint density at radius 2 is 1.88 bits per heavy atom. The Bertz CT molecular complexity index is 240. The van der Waals surface area contributed by atoms with Gasteiger partial charge in [0.1, 0.15) is 5.60 Å². The van der Waals surface area contributed by atoms with Crippen molar-refractivity contribution < 1.29 is 19.4 Å². The van der Waals surface area contributed by atoms with Crippen molar-refractivity contribution in [2.24, 2.45) is 5.92 Å². The van der Waals surface area contributed by atoms with Crippen molar-refractivity contribution in [1.82, 2.24) is 0 Å². The third-order valence-corrected chi connectivity index (χ3v) is 2.46. The SMILES string of the molecule is CC(=O)OCCC(C)CCC(=O)C(C)(C)O. The van der Waals surface area contributed by atoms with Gasteiger partial charge in [0.25, 0.3) is 0 Å². The van der Waals surface area contributed by atoms with E-state index in [1.165, 1.54) is 20.8 Å². The zero-order chi connectivity index (χ0) is 12.8. The van der Waals surface area contributed by atoms with Gasteiger partial charge in [-0.1, -0.05) is 6.92 Å². The van der Waals surface area contributed by atoms with Crippen molar-refractivity contribution in [2.45, 2.75) is 52.6 Å². The van der Waals surface area contributed by atoms with Crippen molar-refractivity contribution in [3.63, 3.8) is 0 Å². The Kier molecular flexibility index (Phi) is 6.26. The molecule has 0 saturated carbocycles. The molecule has 4 nitrogen and oxygen atoms in total. The van der Waals surface area contributed by atoms with E-state index in [1.54, 1.807) is 0 Å². The van der Waals surface area contributed by atoms with Gasteiger partial charge in [0.2, 0.25) is 0 Å². The highest BCUT2D eigenvalue weighted by atomic mass is 16.5. The van der Waals surface area contributed by atoms with Crippen LogP contribution in [-0.2, 0) is 14.3 Å². The van der Waals surface area contributed by atoms with Gasteiger partial charge in [0.15, 0.2) is 5.78 Å². The van der Waals surface area contributed by atoms with Crippen LogP contribution in [0.5, 0.6) is 0 Å². The molecule has 0 aromatic rings. The summed E-state index contributed by atoms with van der Waals surface area (Å²) >= 11 is 0. The van der Waals surface area contributed by atoms with Crippen molar-refractivity contribution in [2.75, 3.05) is 6.61 Å². The molecule has 94 valence electrons. The largest absolute Gasteiger partial charge is 0.466 e. The number of esters is 1. The van der Waals surface area contributed by atoms with Crippen LogP contribution in [0.15, 0.2) is 0 Å². The summed E-state index contributed by atoms with van der Waals surface area (Å²) in [7, 11) is 0. The Balaban J connectivity index is 3.69. The highest BCUT2D eigenvalue weighted by molar-refractivity contribution is 5.86. The molecule has 0 aliphatic heterocycles. The minimum absolute atomic E-state index is 0.146. The molecule has 0 bridgehead atoms. The van der Waals surface area contributed by atoms with Gasteiger partial charge < -0.3 is 9.84 Å². The molecule has 0 spiro atoms. The van der Waals surface area contributed by atoms with Crippen LogP contribution in [0.1, 0.15) is 47.0 Å². The normalized spacial score (nSPS) is 13.3. The van der Waals surface area contributed by atoms with Gasteiger partial charge in [-0.25, -0.2) is 0 Å². The van der Waals surface area contributed by atoms with Crippen LogP contribution in [0.4, 0.5) is 0 Å². The zero-order valence-electron chi connectivity index (χ0n) is 10.6. The molecule has 0 radical (unpaired) electrons. The Hall–Kier alpha value is -0.900. The molecule has 0 aromatic heterocycles. The maximum Gasteiger partial charge on any atom is 0.302 e. The molecule has 0 aliphatic rings. The number of carbonyl (C=O) groups is 2. The molecule has 1 atom stereocenters. The number of carbonyl (C=O) groups excluding carboxylic acids is 2. The van der Waals surface area contributed by atoms with Gasteiger partial charge in [0.05, 0.1) is 6.61 Å². The minimum Gasteiger partial charge on any atom is -0.466 e. The quantitative estimate of drug-likeness (QED) is 0.676. The van der Waals surface area contributed by atoms with Crippen molar-refractivity contribution in [3.05, 3.63) is 0 Å². The molecule has 0 heterocycles. The van der Waals surface area contributed by atoms with Crippen LogP contribution >= 0.6 is 0 Å². The smallest absolute Gasteiger partial charge is 0.302 e. The first kappa shape index (κ1) is 15.1. The second-order valence-electron chi connectivity index (χ2n) is 4.75. The molecule has 0 saturated heterocycles. The maximum absolute atomic E-state index is 11.4. The van der Waals surface area contributed by atoms with E-state index in [1.807, 2.05) is 6.92 Å². The molecule has 0 amide bonds. The van der Waals surface area contributed by atoms with Gasteiger partial charge in [-0.3, -0.25) is 9.59 Å². The van der Waals surface area contributed by atoms with E-state index < -0.39 is 5.60 Å². The standard InChI is InChI=1S/C12H22O4/c1-9(7-8-16-10(2)13)5-6-11(14)12(3,4)15/h9,15H,5-8H2,1-4H3. The Morgan fingerprint density at radius 1 is 1.31 bits per heavy atom. The molecule has 1 N–H and O–H groups in total. The topological polar surface area (TPSA) is 63.6 Å². The van der Waals surface area contributed by atoms with E-state index in [0.29, 0.717) is 25.4 Å². The summed E-state index contributed by atoms with van der Waals surface area (Å²) in [5, 5.41) is 9.43. The highest BCUT2D eigenvalue weighted by Gasteiger charge is 2.23. The van der Waals surface area contributed by atoms with Crippen LogP contribution in [0, 0.1) is 5.92 Å². The number of ketones is 1. The second-order valence-corrected chi connectivity index (χ2v) is 4.75. The van der Waals surface area contributed by atoms with Gasteiger partial charge in [0, 0.05) is 13.3 Å². The van der Waals surface area contributed by atoms with E-state index in [9.17, 15) is 14.7 Å². The molecule has 16 heavy (non-hydrogen) atoms.